The molecule has 3 atom stereocenters. The third kappa shape index (κ3) is 3.18. The number of benzene rings is 3. The third-order valence-electron chi connectivity index (χ3n) is 6.49. The van der Waals surface area contributed by atoms with Crippen LogP contribution in [0.3, 0.4) is 0 Å². The molecule has 1 fully saturated rings. The van der Waals surface area contributed by atoms with E-state index in [0.717, 1.165) is 25.1 Å². The molecule has 0 bridgehead atoms. The van der Waals surface area contributed by atoms with Gasteiger partial charge in [0.2, 0.25) is 0 Å². The van der Waals surface area contributed by atoms with Crippen molar-refractivity contribution in [3.8, 4) is 0 Å². The smallest absolute Gasteiger partial charge is 0.176 e. The van der Waals surface area contributed by atoms with E-state index in [2.05, 4.69) is 59.5 Å². The number of carbonyl (C=O) groups is 1. The first kappa shape index (κ1) is 17.4. The van der Waals surface area contributed by atoms with Crippen LogP contribution in [0.1, 0.15) is 33.0 Å². The van der Waals surface area contributed by atoms with Gasteiger partial charge in [-0.25, -0.2) is 0 Å². The number of Topliss-reactive ketones (excluding diaryl/α,β-unsaturated/α-hetero) is 1. The van der Waals surface area contributed by atoms with E-state index in [1.165, 1.54) is 16.7 Å². The summed E-state index contributed by atoms with van der Waals surface area (Å²) >= 11 is 0. The van der Waals surface area contributed by atoms with Gasteiger partial charge in [0.15, 0.2) is 5.78 Å². The van der Waals surface area contributed by atoms with Crippen molar-refractivity contribution in [1.29, 1.82) is 0 Å². The van der Waals surface area contributed by atoms with Crippen LogP contribution >= 0.6 is 0 Å². The van der Waals surface area contributed by atoms with Crippen molar-refractivity contribution >= 4 is 5.78 Å². The van der Waals surface area contributed by atoms with Crippen molar-refractivity contribution in [2.24, 2.45) is 11.8 Å². The molecule has 28 heavy (non-hydrogen) atoms. The van der Waals surface area contributed by atoms with Crippen LogP contribution in [-0.4, -0.2) is 30.3 Å². The molecule has 2 heteroatoms. The first-order chi connectivity index (χ1) is 13.8. The number of nitrogens with zero attached hydrogens (tertiary/aromatic N) is 1. The fourth-order valence-electron chi connectivity index (χ4n) is 5.25. The first-order valence-corrected chi connectivity index (χ1v) is 10.2. The minimum absolute atomic E-state index is 0.230. The third-order valence-corrected chi connectivity index (χ3v) is 6.49. The molecule has 2 nitrogen and oxygen atoms in total. The van der Waals surface area contributed by atoms with Gasteiger partial charge in [-0.1, -0.05) is 84.9 Å². The van der Waals surface area contributed by atoms with Crippen LogP contribution in [0.5, 0.6) is 0 Å². The fourth-order valence-corrected chi connectivity index (χ4v) is 5.25. The molecule has 1 heterocycles. The predicted octanol–water partition coefficient (Wildman–Crippen LogP) is 4.81. The van der Waals surface area contributed by atoms with Gasteiger partial charge in [0.1, 0.15) is 0 Å². The molecule has 1 saturated heterocycles. The van der Waals surface area contributed by atoms with Crippen LogP contribution in [0.15, 0.2) is 84.9 Å². The van der Waals surface area contributed by atoms with Crippen molar-refractivity contribution in [1.82, 2.24) is 4.90 Å². The zero-order valence-corrected chi connectivity index (χ0v) is 16.0. The Balaban J connectivity index is 1.42. The molecule has 0 N–H and O–H groups in total. The van der Waals surface area contributed by atoms with Gasteiger partial charge in [0, 0.05) is 24.6 Å². The molecule has 140 valence electrons. The van der Waals surface area contributed by atoms with E-state index in [1.807, 2.05) is 30.3 Å². The summed E-state index contributed by atoms with van der Waals surface area (Å²) < 4.78 is 0. The molecule has 0 radical (unpaired) electrons. The summed E-state index contributed by atoms with van der Waals surface area (Å²) in [7, 11) is 0. The zero-order valence-electron chi connectivity index (χ0n) is 16.0. The van der Waals surface area contributed by atoms with Crippen LogP contribution in [0.2, 0.25) is 0 Å². The molecular formula is C26H25NO. The highest BCUT2D eigenvalue weighted by atomic mass is 16.1. The summed E-state index contributed by atoms with van der Waals surface area (Å²) in [4.78, 5) is 15.1. The van der Waals surface area contributed by atoms with Gasteiger partial charge in [0.05, 0.1) is 6.54 Å². The van der Waals surface area contributed by atoms with Gasteiger partial charge in [-0.3, -0.25) is 9.69 Å². The van der Waals surface area contributed by atoms with E-state index in [0.29, 0.717) is 24.3 Å². The Morgan fingerprint density at radius 1 is 0.821 bits per heavy atom. The number of ketones is 1. The largest absolute Gasteiger partial charge is 0.295 e. The normalized spacial score (nSPS) is 23.8. The second-order valence-corrected chi connectivity index (χ2v) is 8.20. The average molecular weight is 367 g/mol. The molecule has 5 rings (SSSR count). The van der Waals surface area contributed by atoms with Gasteiger partial charge in [0.25, 0.3) is 0 Å². The summed E-state index contributed by atoms with van der Waals surface area (Å²) in [5.41, 5.74) is 5.18. The van der Waals surface area contributed by atoms with Crippen LogP contribution in [-0.2, 0) is 6.42 Å². The van der Waals surface area contributed by atoms with E-state index >= 15 is 0 Å². The maximum absolute atomic E-state index is 12.7. The Kier molecular flexibility index (Phi) is 4.58. The summed E-state index contributed by atoms with van der Waals surface area (Å²) in [6, 6.07) is 29.5. The quantitative estimate of drug-likeness (QED) is 0.617. The molecule has 1 aliphatic carbocycles. The fraction of sp³-hybridized carbons (Fsp3) is 0.269. The highest BCUT2D eigenvalue weighted by molar-refractivity contribution is 5.97. The molecule has 3 aromatic carbocycles. The van der Waals surface area contributed by atoms with Crippen molar-refractivity contribution in [2.45, 2.75) is 12.3 Å². The van der Waals surface area contributed by atoms with E-state index in [1.54, 1.807) is 0 Å². The molecule has 0 spiro atoms. The molecule has 3 unspecified atom stereocenters. The topological polar surface area (TPSA) is 20.3 Å². The zero-order chi connectivity index (χ0) is 18.9. The minimum atomic E-state index is 0.230. The van der Waals surface area contributed by atoms with Crippen LogP contribution in [0.4, 0.5) is 0 Å². The van der Waals surface area contributed by atoms with Crippen molar-refractivity contribution in [3.63, 3.8) is 0 Å². The number of carbonyl (C=O) groups excluding carboxylic acids is 1. The molecule has 0 amide bonds. The average Bonchev–Trinajstić information content (AvgIpc) is 3.14. The predicted molar refractivity (Wildman–Crippen MR) is 113 cm³/mol. The Hall–Kier alpha value is -2.71. The lowest BCUT2D eigenvalue weighted by molar-refractivity contribution is 0.0942. The molecular weight excluding hydrogens is 342 g/mol. The lowest BCUT2D eigenvalue weighted by atomic mass is 9.68. The van der Waals surface area contributed by atoms with E-state index < -0.39 is 0 Å². The van der Waals surface area contributed by atoms with Gasteiger partial charge < -0.3 is 0 Å². The standard InChI is InChI=1S/C26H25NO/c28-25(19-9-3-1-4-10-19)18-27-16-22-15-21-13-7-8-14-23(21)26(24(22)17-27)20-11-5-2-6-12-20/h1-14,22,24,26H,15-18H2. The Morgan fingerprint density at radius 3 is 2.29 bits per heavy atom. The number of fused-ring (bicyclic) bond motifs is 2. The maximum Gasteiger partial charge on any atom is 0.176 e. The van der Waals surface area contributed by atoms with Crippen LogP contribution in [0.25, 0.3) is 0 Å². The summed E-state index contributed by atoms with van der Waals surface area (Å²) in [5, 5.41) is 0. The highest BCUT2D eigenvalue weighted by Gasteiger charge is 2.43. The van der Waals surface area contributed by atoms with Crippen LogP contribution < -0.4 is 0 Å². The molecule has 2 aliphatic rings. The Labute approximate surface area is 166 Å². The SMILES string of the molecule is O=C(CN1CC2Cc3ccccc3C(c3ccccc3)C2C1)c1ccccc1. The Bertz CT molecular complexity index is 966. The monoisotopic (exact) mass is 367 g/mol. The van der Waals surface area contributed by atoms with Gasteiger partial charge >= 0.3 is 0 Å². The van der Waals surface area contributed by atoms with E-state index in [-0.39, 0.29) is 5.78 Å². The van der Waals surface area contributed by atoms with E-state index in [4.69, 9.17) is 0 Å². The Morgan fingerprint density at radius 2 is 1.50 bits per heavy atom. The number of likely N-dealkylation sites (tertiary alicyclic amines) is 1. The second kappa shape index (κ2) is 7.37. The second-order valence-electron chi connectivity index (χ2n) is 8.20. The van der Waals surface area contributed by atoms with Crippen molar-refractivity contribution < 1.29 is 4.79 Å². The lowest BCUT2D eigenvalue weighted by Crippen LogP contribution is -2.29. The molecule has 3 aromatic rings. The van der Waals surface area contributed by atoms with Crippen molar-refractivity contribution in [2.75, 3.05) is 19.6 Å². The maximum atomic E-state index is 12.7. The number of hydrogen-bond acceptors (Lipinski definition) is 2. The van der Waals surface area contributed by atoms with Crippen molar-refractivity contribution in [3.05, 3.63) is 107 Å². The van der Waals surface area contributed by atoms with Gasteiger partial charge in [-0.2, -0.15) is 0 Å². The molecule has 0 aromatic heterocycles. The van der Waals surface area contributed by atoms with Crippen LogP contribution in [0, 0.1) is 11.8 Å². The number of rotatable bonds is 4. The summed E-state index contributed by atoms with van der Waals surface area (Å²) in [6.07, 6.45) is 1.13. The van der Waals surface area contributed by atoms with Gasteiger partial charge in [-0.15, -0.1) is 0 Å². The lowest BCUT2D eigenvalue weighted by Gasteiger charge is -2.35. The van der Waals surface area contributed by atoms with Gasteiger partial charge in [-0.05, 0) is 34.9 Å². The summed E-state index contributed by atoms with van der Waals surface area (Å²) in [5.74, 6) is 1.84. The number of hydrogen-bond donors (Lipinski definition) is 0. The minimum Gasteiger partial charge on any atom is -0.295 e. The highest BCUT2D eigenvalue weighted by Crippen LogP contribution is 2.46. The molecule has 0 saturated carbocycles. The molecule has 1 aliphatic heterocycles. The summed E-state index contributed by atoms with van der Waals surface area (Å²) in [6.45, 7) is 2.53. The van der Waals surface area contributed by atoms with E-state index in [9.17, 15) is 4.79 Å². The first-order valence-electron chi connectivity index (χ1n) is 10.2.